The van der Waals surface area contributed by atoms with E-state index in [1.807, 2.05) is 49.1 Å². The topological polar surface area (TPSA) is 78.7 Å². The van der Waals surface area contributed by atoms with Crippen LogP contribution in [0, 0.1) is 0 Å². The Morgan fingerprint density at radius 1 is 1.14 bits per heavy atom. The summed E-state index contributed by atoms with van der Waals surface area (Å²) >= 11 is 0. The van der Waals surface area contributed by atoms with Crippen molar-refractivity contribution in [1.29, 1.82) is 0 Å². The Morgan fingerprint density at radius 3 is 2.54 bits per heavy atom. The summed E-state index contributed by atoms with van der Waals surface area (Å²) in [6.07, 6.45) is 2.57. The van der Waals surface area contributed by atoms with Crippen LogP contribution in [0.3, 0.4) is 0 Å². The van der Waals surface area contributed by atoms with E-state index in [-0.39, 0.29) is 17.9 Å². The molecule has 0 spiro atoms. The molecule has 0 aliphatic carbocycles. The van der Waals surface area contributed by atoms with Gasteiger partial charge in [-0.15, -0.1) is 0 Å². The summed E-state index contributed by atoms with van der Waals surface area (Å²) in [5, 5.41) is 2.90. The Morgan fingerprint density at radius 2 is 1.86 bits per heavy atom. The first-order valence-electron chi connectivity index (χ1n) is 9.81. The number of rotatable bonds is 7. The smallest absolute Gasteiger partial charge is 0.234 e. The van der Waals surface area contributed by atoms with E-state index in [1.165, 1.54) is 0 Å². The number of aryl methyl sites for hydroxylation is 1. The third-order valence-corrected chi connectivity index (χ3v) is 4.71. The molecule has 2 amide bonds. The van der Waals surface area contributed by atoms with E-state index in [0.29, 0.717) is 51.5 Å². The van der Waals surface area contributed by atoms with Crippen molar-refractivity contribution in [3.63, 3.8) is 0 Å². The normalized spacial score (nSPS) is 15.0. The molecule has 0 unspecified atom stereocenters. The van der Waals surface area contributed by atoms with Gasteiger partial charge in [0.15, 0.2) is 11.7 Å². The van der Waals surface area contributed by atoms with Crippen LogP contribution in [0.2, 0.25) is 0 Å². The maximum absolute atomic E-state index is 12.5. The molecule has 1 saturated heterocycles. The van der Waals surface area contributed by atoms with E-state index >= 15 is 0 Å². The minimum absolute atomic E-state index is 0.0351. The second kappa shape index (κ2) is 9.50. The molecule has 2 aromatic rings. The summed E-state index contributed by atoms with van der Waals surface area (Å²) in [5.41, 5.74) is 0.977. The van der Waals surface area contributed by atoms with Gasteiger partial charge in [0, 0.05) is 50.6 Å². The number of aromatic nitrogens is 1. The van der Waals surface area contributed by atoms with Crippen LogP contribution in [-0.4, -0.2) is 65.4 Å². The standard InChI is InChI=1S/C21H28N4O3/c1-16(2)23-19(26)15-24-10-12-25(13-11-24)21(27)9-8-20-22-14-18(28-20)17-6-4-3-5-7-17/h3-7,14,16H,8-13,15H2,1-2H3,(H,23,26). The fourth-order valence-electron chi connectivity index (χ4n) is 3.26. The molecule has 2 heterocycles. The van der Waals surface area contributed by atoms with Crippen LogP contribution in [0.5, 0.6) is 0 Å². The van der Waals surface area contributed by atoms with Gasteiger partial charge in [-0.1, -0.05) is 30.3 Å². The van der Waals surface area contributed by atoms with Gasteiger partial charge < -0.3 is 14.6 Å². The summed E-state index contributed by atoms with van der Waals surface area (Å²) in [6.45, 7) is 7.02. The van der Waals surface area contributed by atoms with E-state index in [2.05, 4.69) is 15.2 Å². The third-order valence-electron chi connectivity index (χ3n) is 4.71. The number of carbonyl (C=O) groups excluding carboxylic acids is 2. The van der Waals surface area contributed by atoms with Crippen molar-refractivity contribution >= 4 is 11.8 Å². The summed E-state index contributed by atoms with van der Waals surface area (Å²) in [6, 6.07) is 9.94. The predicted octanol–water partition coefficient (Wildman–Crippen LogP) is 1.94. The van der Waals surface area contributed by atoms with Crippen LogP contribution < -0.4 is 5.32 Å². The number of piperazine rings is 1. The Hall–Kier alpha value is -2.67. The second-order valence-electron chi connectivity index (χ2n) is 7.36. The first-order chi connectivity index (χ1) is 13.5. The summed E-state index contributed by atoms with van der Waals surface area (Å²) in [4.78, 5) is 32.6. The van der Waals surface area contributed by atoms with Crippen molar-refractivity contribution in [2.75, 3.05) is 32.7 Å². The summed E-state index contributed by atoms with van der Waals surface area (Å²) in [5.74, 6) is 1.44. The fourth-order valence-corrected chi connectivity index (χ4v) is 3.26. The van der Waals surface area contributed by atoms with Crippen molar-refractivity contribution in [3.8, 4) is 11.3 Å². The lowest BCUT2D eigenvalue weighted by molar-refractivity contribution is -0.133. The van der Waals surface area contributed by atoms with Crippen LogP contribution in [0.1, 0.15) is 26.2 Å². The van der Waals surface area contributed by atoms with Gasteiger partial charge in [-0.3, -0.25) is 14.5 Å². The van der Waals surface area contributed by atoms with E-state index in [0.717, 1.165) is 11.3 Å². The number of benzene rings is 1. The van der Waals surface area contributed by atoms with Gasteiger partial charge in [-0.05, 0) is 13.8 Å². The van der Waals surface area contributed by atoms with E-state index < -0.39 is 0 Å². The van der Waals surface area contributed by atoms with Gasteiger partial charge in [0.25, 0.3) is 0 Å². The molecule has 0 bridgehead atoms. The molecule has 7 heteroatoms. The molecule has 1 aromatic heterocycles. The first kappa shape index (κ1) is 20.1. The molecule has 3 rings (SSSR count). The Bertz CT molecular complexity index is 780. The highest BCUT2D eigenvalue weighted by atomic mass is 16.4. The number of carbonyl (C=O) groups is 2. The molecule has 7 nitrogen and oxygen atoms in total. The maximum Gasteiger partial charge on any atom is 0.234 e. The molecule has 28 heavy (non-hydrogen) atoms. The highest BCUT2D eigenvalue weighted by Gasteiger charge is 2.22. The Kier molecular flexibility index (Phi) is 6.81. The van der Waals surface area contributed by atoms with Crippen LogP contribution in [0.25, 0.3) is 11.3 Å². The van der Waals surface area contributed by atoms with Gasteiger partial charge in [0.05, 0.1) is 12.7 Å². The highest BCUT2D eigenvalue weighted by Crippen LogP contribution is 2.20. The number of hydrogen-bond acceptors (Lipinski definition) is 5. The number of nitrogens with one attached hydrogen (secondary N) is 1. The average molecular weight is 384 g/mol. The van der Waals surface area contributed by atoms with Crippen LogP contribution in [-0.2, 0) is 16.0 Å². The Balaban J connectivity index is 1.42. The predicted molar refractivity (Wildman–Crippen MR) is 107 cm³/mol. The second-order valence-corrected chi connectivity index (χ2v) is 7.36. The molecular weight excluding hydrogens is 356 g/mol. The molecule has 1 aromatic carbocycles. The number of hydrogen-bond donors (Lipinski definition) is 1. The van der Waals surface area contributed by atoms with E-state index in [1.54, 1.807) is 6.20 Å². The van der Waals surface area contributed by atoms with Crippen molar-refractivity contribution in [2.45, 2.75) is 32.7 Å². The Labute approximate surface area is 165 Å². The van der Waals surface area contributed by atoms with Crippen molar-refractivity contribution in [3.05, 3.63) is 42.4 Å². The van der Waals surface area contributed by atoms with Gasteiger partial charge in [-0.2, -0.15) is 0 Å². The van der Waals surface area contributed by atoms with E-state index in [4.69, 9.17) is 4.42 Å². The fraction of sp³-hybridized carbons (Fsp3) is 0.476. The van der Waals surface area contributed by atoms with E-state index in [9.17, 15) is 9.59 Å². The van der Waals surface area contributed by atoms with Crippen LogP contribution in [0.15, 0.2) is 40.9 Å². The lowest BCUT2D eigenvalue weighted by atomic mass is 10.2. The molecule has 0 atom stereocenters. The zero-order valence-corrected chi connectivity index (χ0v) is 16.6. The average Bonchev–Trinajstić information content (AvgIpc) is 3.16. The summed E-state index contributed by atoms with van der Waals surface area (Å²) < 4.78 is 5.77. The molecular formula is C21H28N4O3. The largest absolute Gasteiger partial charge is 0.441 e. The molecule has 1 N–H and O–H groups in total. The lowest BCUT2D eigenvalue weighted by Gasteiger charge is -2.34. The lowest BCUT2D eigenvalue weighted by Crippen LogP contribution is -2.51. The van der Waals surface area contributed by atoms with Crippen molar-refractivity contribution in [2.24, 2.45) is 0 Å². The SMILES string of the molecule is CC(C)NC(=O)CN1CCN(C(=O)CCc2ncc(-c3ccccc3)o2)CC1. The molecule has 1 aliphatic heterocycles. The minimum Gasteiger partial charge on any atom is -0.441 e. The molecule has 1 fully saturated rings. The zero-order valence-electron chi connectivity index (χ0n) is 16.6. The maximum atomic E-state index is 12.5. The number of nitrogens with zero attached hydrogens (tertiary/aromatic N) is 3. The highest BCUT2D eigenvalue weighted by molar-refractivity contribution is 5.78. The third kappa shape index (κ3) is 5.66. The monoisotopic (exact) mass is 384 g/mol. The van der Waals surface area contributed by atoms with Gasteiger partial charge in [0.2, 0.25) is 11.8 Å². The number of amides is 2. The van der Waals surface area contributed by atoms with Crippen molar-refractivity contribution in [1.82, 2.24) is 20.1 Å². The quantitative estimate of drug-likeness (QED) is 0.789. The van der Waals surface area contributed by atoms with Crippen LogP contribution >= 0.6 is 0 Å². The molecule has 150 valence electrons. The summed E-state index contributed by atoms with van der Waals surface area (Å²) in [7, 11) is 0. The van der Waals surface area contributed by atoms with Gasteiger partial charge in [-0.25, -0.2) is 4.98 Å². The first-order valence-corrected chi connectivity index (χ1v) is 9.81. The van der Waals surface area contributed by atoms with Crippen LogP contribution in [0.4, 0.5) is 0 Å². The molecule has 1 aliphatic rings. The van der Waals surface area contributed by atoms with Crippen molar-refractivity contribution < 1.29 is 14.0 Å². The zero-order chi connectivity index (χ0) is 19.9. The van der Waals surface area contributed by atoms with Gasteiger partial charge in [0.1, 0.15) is 0 Å². The molecule has 0 saturated carbocycles. The molecule has 0 radical (unpaired) electrons. The van der Waals surface area contributed by atoms with Gasteiger partial charge >= 0.3 is 0 Å². The number of oxazole rings is 1. The minimum atomic E-state index is 0.0351.